The van der Waals surface area contributed by atoms with Gasteiger partial charge in [-0.3, -0.25) is 9.59 Å². The average molecular weight is 206 g/mol. The fourth-order valence-electron chi connectivity index (χ4n) is 0.573. The molecule has 0 fully saturated rings. The van der Waals surface area contributed by atoms with Crippen LogP contribution in [0.1, 0.15) is 0 Å². The highest BCUT2D eigenvalue weighted by Gasteiger charge is 2.19. The molecule has 0 aliphatic carbocycles. The zero-order chi connectivity index (χ0) is 11.1. The summed E-state index contributed by atoms with van der Waals surface area (Å²) in [6.07, 6.45) is 0. The van der Waals surface area contributed by atoms with Gasteiger partial charge in [-0.05, 0) is 0 Å². The van der Waals surface area contributed by atoms with Crippen LogP contribution >= 0.6 is 0 Å². The summed E-state index contributed by atoms with van der Waals surface area (Å²) in [5.41, 5.74) is 10.4. The monoisotopic (exact) mass is 206 g/mol. The molecule has 0 radical (unpaired) electrons. The number of aliphatic hydroxyl groups excluding tert-OH is 1. The van der Waals surface area contributed by atoms with Crippen LogP contribution in [0.3, 0.4) is 0 Å². The molecule has 0 aromatic carbocycles. The minimum Gasteiger partial charge on any atom is -0.468 e. The number of carbonyl (C=O) groups excluding carboxylic acids is 2. The van der Waals surface area contributed by atoms with Gasteiger partial charge in [-0.1, -0.05) is 0 Å². The van der Waals surface area contributed by atoms with Crippen molar-refractivity contribution in [3.8, 4) is 0 Å². The molecular formula is C7H14N2O5. The van der Waals surface area contributed by atoms with Crippen LogP contribution < -0.4 is 11.5 Å². The quantitative estimate of drug-likeness (QED) is 0.419. The van der Waals surface area contributed by atoms with Crippen molar-refractivity contribution in [2.45, 2.75) is 12.1 Å². The van der Waals surface area contributed by atoms with Crippen molar-refractivity contribution in [1.29, 1.82) is 0 Å². The topological polar surface area (TPSA) is 125 Å². The Hall–Kier alpha value is -1.18. The summed E-state index contributed by atoms with van der Waals surface area (Å²) in [4.78, 5) is 21.6. The molecule has 0 spiro atoms. The minimum absolute atomic E-state index is 0.320. The minimum atomic E-state index is -1.11. The van der Waals surface area contributed by atoms with Crippen molar-refractivity contribution in [1.82, 2.24) is 0 Å². The molecular weight excluding hydrogens is 192 g/mol. The van der Waals surface area contributed by atoms with Crippen LogP contribution in [0.15, 0.2) is 0 Å². The SMILES string of the molecule is COC(=O)[C@@H](N)COC(=O)[C@@H](N)CO. The lowest BCUT2D eigenvalue weighted by Crippen LogP contribution is -2.41. The van der Waals surface area contributed by atoms with Gasteiger partial charge in [0.25, 0.3) is 0 Å². The van der Waals surface area contributed by atoms with Gasteiger partial charge in [0.05, 0.1) is 13.7 Å². The Kier molecular flexibility index (Phi) is 5.77. The molecule has 14 heavy (non-hydrogen) atoms. The van der Waals surface area contributed by atoms with E-state index in [1.165, 1.54) is 7.11 Å². The fourth-order valence-corrected chi connectivity index (χ4v) is 0.573. The number of nitrogens with two attached hydrogens (primary N) is 2. The summed E-state index contributed by atoms with van der Waals surface area (Å²) in [5, 5.41) is 8.48. The van der Waals surface area contributed by atoms with Crippen molar-refractivity contribution < 1.29 is 24.2 Å². The second-order valence-corrected chi connectivity index (χ2v) is 2.55. The first-order valence-electron chi connectivity index (χ1n) is 3.89. The lowest BCUT2D eigenvalue weighted by Gasteiger charge is -2.12. The van der Waals surface area contributed by atoms with E-state index in [0.717, 1.165) is 0 Å². The van der Waals surface area contributed by atoms with E-state index in [-0.39, 0.29) is 6.61 Å². The third-order valence-electron chi connectivity index (χ3n) is 1.41. The number of ether oxygens (including phenoxy) is 2. The normalized spacial score (nSPS) is 14.3. The van der Waals surface area contributed by atoms with Crippen LogP contribution in [0.25, 0.3) is 0 Å². The first-order chi connectivity index (χ1) is 6.52. The summed E-state index contributed by atoms with van der Waals surface area (Å²) < 4.78 is 8.82. The summed E-state index contributed by atoms with van der Waals surface area (Å²) in [5.74, 6) is -1.50. The van der Waals surface area contributed by atoms with Gasteiger partial charge in [0.2, 0.25) is 0 Å². The molecule has 7 heteroatoms. The number of hydrogen-bond acceptors (Lipinski definition) is 7. The van der Waals surface area contributed by atoms with Crippen LogP contribution in [-0.4, -0.2) is 49.5 Å². The molecule has 0 aliphatic rings. The largest absolute Gasteiger partial charge is 0.468 e. The van der Waals surface area contributed by atoms with Gasteiger partial charge in [-0.2, -0.15) is 0 Å². The lowest BCUT2D eigenvalue weighted by atomic mass is 10.3. The molecule has 7 nitrogen and oxygen atoms in total. The highest BCUT2D eigenvalue weighted by Crippen LogP contribution is 1.89. The molecule has 5 N–H and O–H groups in total. The second kappa shape index (κ2) is 6.30. The summed E-state index contributed by atoms with van der Waals surface area (Å²) in [7, 11) is 1.17. The van der Waals surface area contributed by atoms with Crippen molar-refractivity contribution in [2.75, 3.05) is 20.3 Å². The van der Waals surface area contributed by atoms with Crippen molar-refractivity contribution in [3.05, 3.63) is 0 Å². The molecule has 0 aromatic rings. The molecule has 0 aliphatic heterocycles. The van der Waals surface area contributed by atoms with Gasteiger partial charge in [0.15, 0.2) is 0 Å². The molecule has 0 unspecified atom stereocenters. The number of hydrogen-bond donors (Lipinski definition) is 3. The Morgan fingerprint density at radius 2 is 1.86 bits per heavy atom. The van der Waals surface area contributed by atoms with E-state index in [0.29, 0.717) is 0 Å². The third kappa shape index (κ3) is 4.17. The molecule has 2 atom stereocenters. The molecule has 0 saturated heterocycles. The first kappa shape index (κ1) is 12.8. The van der Waals surface area contributed by atoms with E-state index < -0.39 is 30.6 Å². The number of rotatable bonds is 5. The van der Waals surface area contributed by atoms with Crippen molar-refractivity contribution >= 4 is 11.9 Å². The van der Waals surface area contributed by atoms with Crippen LogP contribution in [0, 0.1) is 0 Å². The molecule has 0 rings (SSSR count). The zero-order valence-corrected chi connectivity index (χ0v) is 7.80. The Balaban J connectivity index is 3.82. The summed E-state index contributed by atoms with van der Waals surface area (Å²) in [6.45, 7) is -0.842. The van der Waals surface area contributed by atoms with E-state index in [4.69, 9.17) is 16.6 Å². The molecule has 0 saturated carbocycles. The van der Waals surface area contributed by atoms with Gasteiger partial charge in [0, 0.05) is 0 Å². The fraction of sp³-hybridized carbons (Fsp3) is 0.714. The van der Waals surface area contributed by atoms with Gasteiger partial charge >= 0.3 is 11.9 Å². The maximum Gasteiger partial charge on any atom is 0.326 e. The first-order valence-corrected chi connectivity index (χ1v) is 3.89. The van der Waals surface area contributed by atoms with Crippen LogP contribution in [0.5, 0.6) is 0 Å². The van der Waals surface area contributed by atoms with Crippen molar-refractivity contribution in [3.63, 3.8) is 0 Å². The van der Waals surface area contributed by atoms with Crippen LogP contribution in [0.2, 0.25) is 0 Å². The van der Waals surface area contributed by atoms with Gasteiger partial charge in [-0.15, -0.1) is 0 Å². The predicted octanol–water partition coefficient (Wildman–Crippen LogP) is -2.65. The maximum atomic E-state index is 10.9. The average Bonchev–Trinajstić information content (AvgIpc) is 2.22. The van der Waals surface area contributed by atoms with Crippen LogP contribution in [-0.2, 0) is 19.1 Å². The van der Waals surface area contributed by atoms with Crippen molar-refractivity contribution in [2.24, 2.45) is 11.5 Å². The standard InChI is InChI=1S/C7H14N2O5/c1-13-6(11)5(9)3-14-7(12)4(8)2-10/h4-5,10H,2-3,8-9H2,1H3/t4-,5-/m0/s1. The Labute approximate surface area is 81.0 Å². The molecule has 82 valence electrons. The number of aliphatic hydroxyl groups is 1. The molecule has 0 bridgehead atoms. The van der Waals surface area contributed by atoms with Gasteiger partial charge in [0.1, 0.15) is 18.7 Å². The van der Waals surface area contributed by atoms with E-state index in [1.807, 2.05) is 0 Å². The number of methoxy groups -OCH3 is 1. The molecule has 0 heterocycles. The highest BCUT2D eigenvalue weighted by molar-refractivity contribution is 5.78. The summed E-state index contributed by atoms with van der Waals surface area (Å²) >= 11 is 0. The molecule has 0 amide bonds. The van der Waals surface area contributed by atoms with E-state index in [2.05, 4.69) is 9.47 Å². The number of esters is 2. The third-order valence-corrected chi connectivity index (χ3v) is 1.41. The van der Waals surface area contributed by atoms with E-state index in [9.17, 15) is 9.59 Å². The molecule has 0 aromatic heterocycles. The Bertz CT molecular complexity index is 208. The Morgan fingerprint density at radius 1 is 1.29 bits per heavy atom. The maximum absolute atomic E-state index is 10.9. The number of carbonyl (C=O) groups is 2. The lowest BCUT2D eigenvalue weighted by molar-refractivity contribution is -0.150. The van der Waals surface area contributed by atoms with Gasteiger partial charge in [-0.25, -0.2) is 0 Å². The smallest absolute Gasteiger partial charge is 0.326 e. The zero-order valence-electron chi connectivity index (χ0n) is 7.80. The van der Waals surface area contributed by atoms with E-state index in [1.54, 1.807) is 0 Å². The summed E-state index contributed by atoms with van der Waals surface area (Å²) in [6, 6.07) is -2.14. The highest BCUT2D eigenvalue weighted by atomic mass is 16.5. The van der Waals surface area contributed by atoms with Crippen LogP contribution in [0.4, 0.5) is 0 Å². The Morgan fingerprint density at radius 3 is 2.29 bits per heavy atom. The predicted molar refractivity (Wildman–Crippen MR) is 46.0 cm³/mol. The van der Waals surface area contributed by atoms with E-state index >= 15 is 0 Å². The van der Waals surface area contributed by atoms with Gasteiger partial charge < -0.3 is 26.0 Å². The second-order valence-electron chi connectivity index (χ2n) is 2.55.